The van der Waals surface area contributed by atoms with Gasteiger partial charge in [0.25, 0.3) is 0 Å². The van der Waals surface area contributed by atoms with Gasteiger partial charge in [0.15, 0.2) is 0 Å². The quantitative estimate of drug-likeness (QED) is 0.467. The Hall–Kier alpha value is -1.97. The molecule has 0 heterocycles. The molecule has 1 N–H and O–H groups in total. The number of rotatable bonds is 3. The van der Waals surface area contributed by atoms with Gasteiger partial charge in [-0.25, -0.2) is 4.79 Å². The van der Waals surface area contributed by atoms with Gasteiger partial charge in [-0.3, -0.25) is 0 Å². The molecule has 0 saturated heterocycles. The fourth-order valence-corrected chi connectivity index (χ4v) is 1.02. The predicted octanol–water partition coefficient (Wildman–Crippen LogP) is 1.77. The zero-order valence-corrected chi connectivity index (χ0v) is 8.56. The van der Waals surface area contributed by atoms with Crippen LogP contribution in [0.25, 0.3) is 6.08 Å². The maximum atomic E-state index is 10.9. The molecule has 0 aliphatic carbocycles. The fourth-order valence-electron chi connectivity index (χ4n) is 1.02. The number of carbonyl (C=O) groups is 1. The molecule has 0 saturated carbocycles. The van der Waals surface area contributed by atoms with E-state index in [1.54, 1.807) is 31.4 Å². The second kappa shape index (κ2) is 5.05. The third-order valence-corrected chi connectivity index (χ3v) is 1.81. The number of benzene rings is 1. The van der Waals surface area contributed by atoms with E-state index in [0.29, 0.717) is 11.3 Å². The van der Waals surface area contributed by atoms with Gasteiger partial charge in [-0.05, 0) is 23.8 Å². The Kier molecular flexibility index (Phi) is 3.74. The van der Waals surface area contributed by atoms with Crippen molar-refractivity contribution in [2.45, 2.75) is 0 Å². The SMILES string of the molecule is COC(=O)C(O)=Cc1ccc(OC)cc1. The van der Waals surface area contributed by atoms with Crippen molar-refractivity contribution in [1.29, 1.82) is 0 Å². The van der Waals surface area contributed by atoms with Crippen LogP contribution in [0, 0.1) is 0 Å². The summed E-state index contributed by atoms with van der Waals surface area (Å²) in [6.07, 6.45) is 1.32. The van der Waals surface area contributed by atoms with Gasteiger partial charge in [0, 0.05) is 0 Å². The van der Waals surface area contributed by atoms with Crippen molar-refractivity contribution in [1.82, 2.24) is 0 Å². The number of ether oxygens (including phenoxy) is 2. The number of aliphatic hydroxyl groups is 1. The summed E-state index contributed by atoms with van der Waals surface area (Å²) in [6.45, 7) is 0. The van der Waals surface area contributed by atoms with Crippen LogP contribution in [0.2, 0.25) is 0 Å². The summed E-state index contributed by atoms with van der Waals surface area (Å²) < 4.78 is 9.32. The third kappa shape index (κ3) is 3.02. The lowest BCUT2D eigenvalue weighted by molar-refractivity contribution is -0.138. The first kappa shape index (κ1) is 11.1. The lowest BCUT2D eigenvalue weighted by Gasteiger charge is -2.00. The minimum absolute atomic E-state index is 0.428. The van der Waals surface area contributed by atoms with Gasteiger partial charge in [-0.15, -0.1) is 0 Å². The van der Waals surface area contributed by atoms with E-state index in [-0.39, 0.29) is 0 Å². The number of hydrogen-bond acceptors (Lipinski definition) is 4. The highest BCUT2D eigenvalue weighted by Gasteiger charge is 2.06. The van der Waals surface area contributed by atoms with Crippen molar-refractivity contribution >= 4 is 12.0 Å². The highest BCUT2D eigenvalue weighted by molar-refractivity contribution is 5.90. The summed E-state index contributed by atoms with van der Waals surface area (Å²) >= 11 is 0. The van der Waals surface area contributed by atoms with E-state index in [0.717, 1.165) is 0 Å². The molecule has 4 nitrogen and oxygen atoms in total. The van der Waals surface area contributed by atoms with Gasteiger partial charge in [-0.1, -0.05) is 12.1 Å². The van der Waals surface area contributed by atoms with Gasteiger partial charge >= 0.3 is 5.97 Å². The topological polar surface area (TPSA) is 55.8 Å². The summed E-state index contributed by atoms with van der Waals surface area (Å²) in [5, 5.41) is 9.25. The van der Waals surface area contributed by atoms with E-state index < -0.39 is 11.7 Å². The molecule has 1 rings (SSSR count). The van der Waals surface area contributed by atoms with E-state index in [2.05, 4.69) is 4.74 Å². The Morgan fingerprint density at radius 3 is 2.33 bits per heavy atom. The molecule has 4 heteroatoms. The van der Waals surface area contributed by atoms with Crippen LogP contribution in [0.4, 0.5) is 0 Å². The van der Waals surface area contributed by atoms with Crippen LogP contribution in [-0.4, -0.2) is 25.3 Å². The van der Waals surface area contributed by atoms with Gasteiger partial charge in [-0.2, -0.15) is 0 Å². The number of carbonyl (C=O) groups excluding carboxylic acids is 1. The van der Waals surface area contributed by atoms with Crippen molar-refractivity contribution in [2.24, 2.45) is 0 Å². The first-order valence-corrected chi connectivity index (χ1v) is 4.30. The molecule has 0 amide bonds. The molecule has 0 aliphatic heterocycles. The molecule has 0 aromatic heterocycles. The molecule has 0 fully saturated rings. The number of esters is 1. The molecule has 0 unspecified atom stereocenters. The minimum Gasteiger partial charge on any atom is -0.502 e. The van der Waals surface area contributed by atoms with Crippen LogP contribution in [0.15, 0.2) is 30.0 Å². The molecule has 80 valence electrons. The van der Waals surface area contributed by atoms with E-state index in [9.17, 15) is 9.90 Å². The van der Waals surface area contributed by atoms with E-state index in [1.807, 2.05) is 0 Å². The molecule has 0 aliphatic rings. The van der Waals surface area contributed by atoms with E-state index in [1.165, 1.54) is 13.2 Å². The summed E-state index contributed by atoms with van der Waals surface area (Å²) in [5.74, 6) is -0.474. The van der Waals surface area contributed by atoms with Crippen LogP contribution in [-0.2, 0) is 9.53 Å². The standard InChI is InChI=1S/C11H12O4/c1-14-9-5-3-8(4-6-9)7-10(12)11(13)15-2/h3-7,12H,1-2H3. The average Bonchev–Trinajstić information content (AvgIpc) is 2.29. The highest BCUT2D eigenvalue weighted by atomic mass is 16.5. The summed E-state index contributed by atoms with van der Waals surface area (Å²) in [7, 11) is 2.77. The van der Waals surface area contributed by atoms with Crippen molar-refractivity contribution in [3.05, 3.63) is 35.6 Å². The molecule has 15 heavy (non-hydrogen) atoms. The second-order valence-electron chi connectivity index (χ2n) is 2.79. The van der Waals surface area contributed by atoms with Crippen LogP contribution >= 0.6 is 0 Å². The maximum absolute atomic E-state index is 10.9. The molecular weight excluding hydrogens is 196 g/mol. The maximum Gasteiger partial charge on any atom is 0.373 e. The average molecular weight is 208 g/mol. The van der Waals surface area contributed by atoms with Crippen molar-refractivity contribution < 1.29 is 19.4 Å². The lowest BCUT2D eigenvalue weighted by Crippen LogP contribution is -2.03. The van der Waals surface area contributed by atoms with Gasteiger partial charge < -0.3 is 14.6 Å². The fraction of sp³-hybridized carbons (Fsp3) is 0.182. The molecule has 0 radical (unpaired) electrons. The van der Waals surface area contributed by atoms with Crippen LogP contribution < -0.4 is 4.74 Å². The largest absolute Gasteiger partial charge is 0.502 e. The van der Waals surface area contributed by atoms with Gasteiger partial charge in [0.1, 0.15) is 5.75 Å². The van der Waals surface area contributed by atoms with Crippen LogP contribution in [0.5, 0.6) is 5.75 Å². The monoisotopic (exact) mass is 208 g/mol. The molecule has 0 bridgehead atoms. The van der Waals surface area contributed by atoms with E-state index in [4.69, 9.17) is 4.74 Å². The normalized spacial score (nSPS) is 10.9. The lowest BCUT2D eigenvalue weighted by atomic mass is 10.2. The second-order valence-corrected chi connectivity index (χ2v) is 2.79. The molecular formula is C11H12O4. The molecule has 1 aromatic carbocycles. The Morgan fingerprint density at radius 1 is 1.27 bits per heavy atom. The first-order chi connectivity index (χ1) is 7.17. The zero-order valence-electron chi connectivity index (χ0n) is 8.56. The Balaban J connectivity index is 2.84. The number of hydrogen-bond donors (Lipinski definition) is 1. The zero-order chi connectivity index (χ0) is 11.3. The van der Waals surface area contributed by atoms with Gasteiger partial charge in [0.2, 0.25) is 5.76 Å². The van der Waals surface area contributed by atoms with Crippen LogP contribution in [0.3, 0.4) is 0 Å². The first-order valence-electron chi connectivity index (χ1n) is 4.30. The van der Waals surface area contributed by atoms with Crippen molar-refractivity contribution in [3.63, 3.8) is 0 Å². The Labute approximate surface area is 87.7 Å². The van der Waals surface area contributed by atoms with Crippen molar-refractivity contribution in [3.8, 4) is 5.75 Å². The predicted molar refractivity (Wildman–Crippen MR) is 55.6 cm³/mol. The van der Waals surface area contributed by atoms with Gasteiger partial charge in [0.05, 0.1) is 14.2 Å². The minimum atomic E-state index is -0.759. The van der Waals surface area contributed by atoms with Crippen molar-refractivity contribution in [2.75, 3.05) is 14.2 Å². The van der Waals surface area contributed by atoms with Crippen LogP contribution in [0.1, 0.15) is 5.56 Å². The molecule has 0 atom stereocenters. The summed E-state index contributed by atoms with van der Waals surface area (Å²) in [5.41, 5.74) is 0.693. The van der Waals surface area contributed by atoms with E-state index >= 15 is 0 Å². The Bertz CT molecular complexity index is 365. The number of aliphatic hydroxyl groups excluding tert-OH is 1. The third-order valence-electron chi connectivity index (χ3n) is 1.81. The summed E-state index contributed by atoms with van der Waals surface area (Å²) in [4.78, 5) is 10.9. The number of methoxy groups -OCH3 is 2. The highest BCUT2D eigenvalue weighted by Crippen LogP contribution is 2.13. The summed E-state index contributed by atoms with van der Waals surface area (Å²) in [6, 6.07) is 6.91. The smallest absolute Gasteiger partial charge is 0.373 e. The molecule has 1 aromatic rings. The molecule has 0 spiro atoms. The Morgan fingerprint density at radius 2 is 1.87 bits per heavy atom.